The lowest BCUT2D eigenvalue weighted by Crippen LogP contribution is -2.07. The van der Waals surface area contributed by atoms with Gasteiger partial charge in [0.05, 0.1) is 0 Å². The van der Waals surface area contributed by atoms with Gasteiger partial charge in [-0.05, 0) is 31.2 Å². The van der Waals surface area contributed by atoms with Gasteiger partial charge in [0.15, 0.2) is 11.5 Å². The molecule has 0 saturated heterocycles. The Bertz CT molecular complexity index is 623. The van der Waals surface area contributed by atoms with Gasteiger partial charge in [0.1, 0.15) is 0 Å². The van der Waals surface area contributed by atoms with Crippen LogP contribution in [0.2, 0.25) is 0 Å². The van der Waals surface area contributed by atoms with Gasteiger partial charge in [0.2, 0.25) is 11.6 Å². The van der Waals surface area contributed by atoms with Crippen LogP contribution < -0.4 is 9.47 Å². The number of ether oxygens (including phenoxy) is 2. The van der Waals surface area contributed by atoms with Crippen LogP contribution in [0.4, 0.5) is 0 Å². The Morgan fingerprint density at radius 2 is 1.85 bits per heavy atom. The molecule has 0 bridgehead atoms. The van der Waals surface area contributed by atoms with Gasteiger partial charge >= 0.3 is 5.97 Å². The van der Waals surface area contributed by atoms with Crippen molar-refractivity contribution in [1.82, 2.24) is 4.98 Å². The van der Waals surface area contributed by atoms with Crippen molar-refractivity contribution < 1.29 is 19.4 Å². The van der Waals surface area contributed by atoms with Gasteiger partial charge in [0.25, 0.3) is 0 Å². The molecule has 0 fully saturated rings. The molecule has 1 aromatic heterocycles. The maximum Gasteiger partial charge on any atom is 0.371 e. The molecular formula is C15H13NO4. The average Bonchev–Trinajstić information content (AvgIpc) is 2.47. The van der Waals surface area contributed by atoms with Gasteiger partial charge in [-0.25, -0.2) is 9.78 Å². The number of aromatic nitrogens is 1. The van der Waals surface area contributed by atoms with Gasteiger partial charge in [0, 0.05) is 12.3 Å². The standard InChI is InChI=1S/C15H13NO4/c1-2-11(15(17)18)19-12-7-3-4-8-13(12)20-14-9-5-6-10-16-14/h2-10H,1H3,(H,17,18). The lowest BCUT2D eigenvalue weighted by molar-refractivity contribution is -0.135. The zero-order valence-corrected chi connectivity index (χ0v) is 10.8. The first kappa shape index (κ1) is 13.6. The molecule has 2 rings (SSSR count). The second-order valence-corrected chi connectivity index (χ2v) is 3.78. The van der Waals surface area contributed by atoms with Gasteiger partial charge in [-0.3, -0.25) is 0 Å². The number of hydrogen-bond acceptors (Lipinski definition) is 4. The van der Waals surface area contributed by atoms with E-state index in [4.69, 9.17) is 14.6 Å². The molecule has 0 saturated carbocycles. The van der Waals surface area contributed by atoms with Gasteiger partial charge in [-0.15, -0.1) is 0 Å². The third-order valence-corrected chi connectivity index (χ3v) is 2.39. The van der Waals surface area contributed by atoms with Crippen LogP contribution >= 0.6 is 0 Å². The summed E-state index contributed by atoms with van der Waals surface area (Å²) in [5, 5.41) is 8.97. The monoisotopic (exact) mass is 271 g/mol. The van der Waals surface area contributed by atoms with Crippen molar-refractivity contribution in [2.45, 2.75) is 6.92 Å². The van der Waals surface area contributed by atoms with Crippen LogP contribution in [0, 0.1) is 0 Å². The zero-order valence-electron chi connectivity index (χ0n) is 10.8. The fourth-order valence-corrected chi connectivity index (χ4v) is 1.48. The summed E-state index contributed by atoms with van der Waals surface area (Å²) in [6.45, 7) is 1.59. The van der Waals surface area contributed by atoms with Crippen LogP contribution in [-0.4, -0.2) is 16.1 Å². The maximum absolute atomic E-state index is 11.0. The Hall–Kier alpha value is -2.82. The number of hydrogen-bond donors (Lipinski definition) is 1. The second-order valence-electron chi connectivity index (χ2n) is 3.78. The average molecular weight is 271 g/mol. The predicted octanol–water partition coefficient (Wildman–Crippen LogP) is 3.24. The Labute approximate surface area is 116 Å². The maximum atomic E-state index is 11.0. The quantitative estimate of drug-likeness (QED) is 0.667. The van der Waals surface area contributed by atoms with Gasteiger partial charge < -0.3 is 14.6 Å². The summed E-state index contributed by atoms with van der Waals surface area (Å²) in [4.78, 5) is 15.0. The number of aliphatic carboxylic acids is 1. The molecule has 0 radical (unpaired) electrons. The molecule has 0 aliphatic rings. The van der Waals surface area contributed by atoms with E-state index in [1.54, 1.807) is 55.6 Å². The van der Waals surface area contributed by atoms with E-state index in [2.05, 4.69) is 4.98 Å². The minimum Gasteiger partial charge on any atom is -0.475 e. The SMILES string of the molecule is CC=C(Oc1ccccc1Oc1ccccn1)C(=O)O. The van der Waals surface area contributed by atoms with Crippen molar-refractivity contribution in [3.8, 4) is 17.4 Å². The Morgan fingerprint density at radius 1 is 1.15 bits per heavy atom. The fourth-order valence-electron chi connectivity index (χ4n) is 1.48. The third kappa shape index (κ3) is 3.35. The highest BCUT2D eigenvalue weighted by Gasteiger charge is 2.13. The Kier molecular flexibility index (Phi) is 4.34. The third-order valence-electron chi connectivity index (χ3n) is 2.39. The minimum atomic E-state index is -1.14. The molecule has 1 N–H and O–H groups in total. The number of carbonyl (C=O) groups is 1. The summed E-state index contributed by atoms with van der Waals surface area (Å²) < 4.78 is 10.9. The van der Waals surface area contributed by atoms with Crippen molar-refractivity contribution in [1.29, 1.82) is 0 Å². The van der Waals surface area contributed by atoms with E-state index in [0.717, 1.165) is 0 Å². The van der Waals surface area contributed by atoms with Crippen LogP contribution in [0.25, 0.3) is 0 Å². The molecule has 0 aliphatic carbocycles. The normalized spacial score (nSPS) is 10.9. The van der Waals surface area contributed by atoms with Crippen LogP contribution in [0.5, 0.6) is 17.4 Å². The van der Waals surface area contributed by atoms with E-state index in [1.165, 1.54) is 6.08 Å². The van der Waals surface area contributed by atoms with Crippen molar-refractivity contribution in [3.05, 3.63) is 60.5 Å². The van der Waals surface area contributed by atoms with E-state index in [9.17, 15) is 4.79 Å². The summed E-state index contributed by atoms with van der Waals surface area (Å²) in [6.07, 6.45) is 2.98. The number of carboxylic acids is 1. The van der Waals surface area contributed by atoms with Gasteiger partial charge in [-0.1, -0.05) is 18.2 Å². The highest BCUT2D eigenvalue weighted by atomic mass is 16.5. The van der Waals surface area contributed by atoms with E-state index in [-0.39, 0.29) is 5.76 Å². The van der Waals surface area contributed by atoms with E-state index < -0.39 is 5.97 Å². The summed E-state index contributed by atoms with van der Waals surface area (Å²) in [6, 6.07) is 12.1. The van der Waals surface area contributed by atoms with E-state index in [0.29, 0.717) is 17.4 Å². The first-order chi connectivity index (χ1) is 9.70. The molecule has 5 nitrogen and oxygen atoms in total. The zero-order chi connectivity index (χ0) is 14.4. The highest BCUT2D eigenvalue weighted by Crippen LogP contribution is 2.31. The molecule has 1 heterocycles. The Morgan fingerprint density at radius 3 is 2.45 bits per heavy atom. The number of allylic oxidation sites excluding steroid dienone is 1. The number of nitrogens with zero attached hydrogens (tertiary/aromatic N) is 1. The predicted molar refractivity (Wildman–Crippen MR) is 72.8 cm³/mol. The Balaban J connectivity index is 2.25. The molecule has 2 aromatic rings. The molecule has 0 atom stereocenters. The molecule has 0 amide bonds. The highest BCUT2D eigenvalue weighted by molar-refractivity contribution is 5.84. The minimum absolute atomic E-state index is 0.165. The number of para-hydroxylation sites is 2. The van der Waals surface area contributed by atoms with Crippen LogP contribution in [0.15, 0.2) is 60.5 Å². The molecule has 0 unspecified atom stereocenters. The van der Waals surface area contributed by atoms with Crippen LogP contribution in [-0.2, 0) is 4.79 Å². The topological polar surface area (TPSA) is 68.7 Å². The smallest absolute Gasteiger partial charge is 0.371 e. The van der Waals surface area contributed by atoms with Crippen molar-refractivity contribution in [2.75, 3.05) is 0 Å². The number of rotatable bonds is 5. The number of benzene rings is 1. The van der Waals surface area contributed by atoms with Crippen molar-refractivity contribution >= 4 is 5.97 Å². The van der Waals surface area contributed by atoms with Crippen LogP contribution in [0.1, 0.15) is 6.92 Å². The lowest BCUT2D eigenvalue weighted by atomic mass is 10.3. The fraction of sp³-hybridized carbons (Fsp3) is 0.0667. The first-order valence-electron chi connectivity index (χ1n) is 5.96. The molecule has 5 heteroatoms. The molecule has 0 aliphatic heterocycles. The number of pyridine rings is 1. The molecule has 1 aromatic carbocycles. The first-order valence-corrected chi connectivity index (χ1v) is 5.96. The molecule has 20 heavy (non-hydrogen) atoms. The van der Waals surface area contributed by atoms with Crippen LogP contribution in [0.3, 0.4) is 0 Å². The summed E-state index contributed by atoms with van der Waals surface area (Å²) in [5.41, 5.74) is 0. The lowest BCUT2D eigenvalue weighted by Gasteiger charge is -2.11. The molecular weight excluding hydrogens is 258 g/mol. The molecule has 0 spiro atoms. The summed E-state index contributed by atoms with van der Waals surface area (Å²) in [7, 11) is 0. The largest absolute Gasteiger partial charge is 0.475 e. The molecule has 102 valence electrons. The van der Waals surface area contributed by atoms with Crippen molar-refractivity contribution in [3.63, 3.8) is 0 Å². The van der Waals surface area contributed by atoms with E-state index >= 15 is 0 Å². The van der Waals surface area contributed by atoms with E-state index in [1.807, 2.05) is 0 Å². The number of carboxylic acid groups (broad SMARTS) is 1. The second kappa shape index (κ2) is 6.38. The van der Waals surface area contributed by atoms with Crippen molar-refractivity contribution in [2.24, 2.45) is 0 Å². The van der Waals surface area contributed by atoms with Gasteiger partial charge in [-0.2, -0.15) is 0 Å². The summed E-state index contributed by atoms with van der Waals surface area (Å²) >= 11 is 0. The summed E-state index contributed by atoms with van der Waals surface area (Å²) in [5.74, 6) is -0.191.